The molecule has 0 bridgehead atoms. The van der Waals surface area contributed by atoms with E-state index >= 15 is 0 Å². The molecule has 178 valence electrons. The number of carbonyl (C=O) groups is 2. The van der Waals surface area contributed by atoms with Gasteiger partial charge < -0.3 is 19.3 Å². The van der Waals surface area contributed by atoms with Crippen molar-refractivity contribution in [2.45, 2.75) is 51.5 Å². The first-order valence-corrected chi connectivity index (χ1v) is 11.8. The van der Waals surface area contributed by atoms with Crippen molar-refractivity contribution in [3.05, 3.63) is 70.0 Å². The van der Waals surface area contributed by atoms with Crippen LogP contribution in [0.25, 0.3) is 10.9 Å². The van der Waals surface area contributed by atoms with Gasteiger partial charge in [0.2, 0.25) is 0 Å². The molecule has 0 aliphatic heterocycles. The number of anilines is 1. The Hall–Kier alpha value is -3.61. The van der Waals surface area contributed by atoms with E-state index in [1.807, 2.05) is 12.1 Å². The van der Waals surface area contributed by atoms with Crippen LogP contribution in [0, 0.1) is 0 Å². The van der Waals surface area contributed by atoms with Crippen LogP contribution in [0.2, 0.25) is 0 Å². The monoisotopic (exact) mass is 462 g/mol. The van der Waals surface area contributed by atoms with Crippen LogP contribution in [0.1, 0.15) is 61.0 Å². The van der Waals surface area contributed by atoms with Gasteiger partial charge in [0.05, 0.1) is 18.5 Å². The number of aromatic hydroxyl groups is 1. The molecule has 1 fully saturated rings. The molecule has 0 atom stereocenters. The van der Waals surface area contributed by atoms with Gasteiger partial charge in [-0.1, -0.05) is 43.5 Å². The number of rotatable bonds is 6. The summed E-state index contributed by atoms with van der Waals surface area (Å²) in [6.45, 7) is 2.08. The van der Waals surface area contributed by atoms with Crippen molar-refractivity contribution < 1.29 is 19.4 Å². The van der Waals surface area contributed by atoms with Crippen LogP contribution < -0.4 is 10.5 Å². The zero-order valence-corrected chi connectivity index (χ0v) is 19.6. The summed E-state index contributed by atoms with van der Waals surface area (Å²) < 4.78 is 6.68. The average Bonchev–Trinajstić information content (AvgIpc) is 2.85. The standard InChI is InChI=1S/C27H30N2O5/c1-3-34-23(30)17-18-13-15-19(16-14-18)28(2)26(32)24-25(31)21-11-7-8-12-22(21)29(27(24)33)20-9-5-4-6-10-20/h7-8,11-16,20,31H,3-6,9-10,17H2,1-2H3. The van der Waals surface area contributed by atoms with Crippen LogP contribution in [0.4, 0.5) is 5.69 Å². The zero-order valence-electron chi connectivity index (χ0n) is 19.6. The van der Waals surface area contributed by atoms with E-state index in [0.29, 0.717) is 23.2 Å². The smallest absolute Gasteiger partial charge is 0.310 e. The first kappa shape index (κ1) is 23.5. The second-order valence-corrected chi connectivity index (χ2v) is 8.72. The summed E-state index contributed by atoms with van der Waals surface area (Å²) in [5.41, 5.74) is 1.28. The van der Waals surface area contributed by atoms with Gasteiger partial charge >= 0.3 is 5.97 Å². The molecule has 7 nitrogen and oxygen atoms in total. The Labute approximate surface area is 198 Å². The first-order valence-electron chi connectivity index (χ1n) is 11.8. The molecule has 1 saturated carbocycles. The van der Waals surface area contributed by atoms with Gasteiger partial charge in [0, 0.05) is 24.2 Å². The third-order valence-corrected chi connectivity index (χ3v) is 6.52. The SMILES string of the molecule is CCOC(=O)Cc1ccc(N(C)C(=O)c2c(O)c3ccccc3n(C3CCCCC3)c2=O)cc1. The Balaban J connectivity index is 1.71. The minimum absolute atomic E-state index is 0.00534. The van der Waals surface area contributed by atoms with Crippen LogP contribution in [0.5, 0.6) is 5.75 Å². The molecule has 0 unspecified atom stereocenters. The molecule has 34 heavy (non-hydrogen) atoms. The number of nitrogens with zero attached hydrogens (tertiary/aromatic N) is 2. The quantitative estimate of drug-likeness (QED) is 0.541. The molecule has 1 amide bonds. The maximum atomic E-state index is 13.6. The summed E-state index contributed by atoms with van der Waals surface area (Å²) in [6, 6.07) is 14.1. The summed E-state index contributed by atoms with van der Waals surface area (Å²) in [6.07, 6.45) is 5.10. The summed E-state index contributed by atoms with van der Waals surface area (Å²) in [5.74, 6) is -1.18. The van der Waals surface area contributed by atoms with Gasteiger partial charge in [0.1, 0.15) is 11.3 Å². The summed E-state index contributed by atoms with van der Waals surface area (Å²) in [4.78, 5) is 40.2. The van der Waals surface area contributed by atoms with Gasteiger partial charge in [-0.3, -0.25) is 14.4 Å². The third-order valence-electron chi connectivity index (χ3n) is 6.52. The number of benzene rings is 2. The molecular formula is C27H30N2O5. The number of amides is 1. The number of hydrogen-bond donors (Lipinski definition) is 1. The van der Waals surface area contributed by atoms with Gasteiger partial charge in [-0.25, -0.2) is 0 Å². The van der Waals surface area contributed by atoms with Crippen molar-refractivity contribution in [3.63, 3.8) is 0 Å². The average molecular weight is 463 g/mol. The van der Waals surface area contributed by atoms with Crippen LogP contribution >= 0.6 is 0 Å². The van der Waals surface area contributed by atoms with Gasteiger partial charge in [0.15, 0.2) is 0 Å². The van der Waals surface area contributed by atoms with E-state index in [9.17, 15) is 19.5 Å². The number of para-hydroxylation sites is 1. The van der Waals surface area contributed by atoms with Crippen LogP contribution in [-0.2, 0) is 16.0 Å². The fraction of sp³-hybridized carbons (Fsp3) is 0.370. The highest BCUT2D eigenvalue weighted by Gasteiger charge is 2.28. The van der Waals surface area contributed by atoms with E-state index in [1.165, 1.54) is 4.90 Å². The minimum Gasteiger partial charge on any atom is -0.506 e. The van der Waals surface area contributed by atoms with Crippen LogP contribution in [0.15, 0.2) is 53.3 Å². The zero-order chi connectivity index (χ0) is 24.2. The molecule has 4 rings (SSSR count). The fourth-order valence-corrected chi connectivity index (χ4v) is 4.75. The van der Waals surface area contributed by atoms with Gasteiger partial charge in [-0.2, -0.15) is 0 Å². The highest BCUT2D eigenvalue weighted by molar-refractivity contribution is 6.10. The normalized spacial score (nSPS) is 14.2. The lowest BCUT2D eigenvalue weighted by atomic mass is 9.94. The third kappa shape index (κ3) is 4.55. The molecule has 0 spiro atoms. The highest BCUT2D eigenvalue weighted by Crippen LogP contribution is 2.34. The predicted octanol–water partition coefficient (Wildman–Crippen LogP) is 4.59. The molecule has 7 heteroatoms. The molecule has 1 heterocycles. The maximum Gasteiger partial charge on any atom is 0.310 e. The Morgan fingerprint density at radius 1 is 1.06 bits per heavy atom. The number of esters is 1. The van der Waals surface area contributed by atoms with E-state index < -0.39 is 11.5 Å². The Morgan fingerprint density at radius 3 is 2.41 bits per heavy atom. The summed E-state index contributed by atoms with van der Waals surface area (Å²) >= 11 is 0. The molecule has 0 radical (unpaired) electrons. The molecule has 1 N–H and O–H groups in total. The number of carbonyl (C=O) groups excluding carboxylic acids is 2. The molecule has 1 aliphatic carbocycles. The highest BCUT2D eigenvalue weighted by atomic mass is 16.5. The van der Waals surface area contributed by atoms with Crippen molar-refractivity contribution in [1.82, 2.24) is 4.57 Å². The maximum absolute atomic E-state index is 13.6. The van der Waals surface area contributed by atoms with Crippen molar-refractivity contribution >= 4 is 28.5 Å². The molecule has 1 aliphatic rings. The van der Waals surface area contributed by atoms with Crippen molar-refractivity contribution in [2.24, 2.45) is 0 Å². The topological polar surface area (TPSA) is 88.8 Å². The molecule has 1 aromatic heterocycles. The second-order valence-electron chi connectivity index (χ2n) is 8.72. The Morgan fingerprint density at radius 2 is 1.74 bits per heavy atom. The number of ether oxygens (including phenoxy) is 1. The molecular weight excluding hydrogens is 432 g/mol. The number of hydrogen-bond acceptors (Lipinski definition) is 5. The number of pyridine rings is 1. The number of fused-ring (bicyclic) bond motifs is 1. The van der Waals surface area contributed by atoms with Crippen LogP contribution in [-0.4, -0.2) is 35.2 Å². The minimum atomic E-state index is -0.573. The van der Waals surface area contributed by atoms with E-state index in [-0.39, 0.29) is 29.7 Å². The van der Waals surface area contributed by atoms with E-state index in [0.717, 1.165) is 37.7 Å². The second kappa shape index (κ2) is 10.1. The molecule has 2 aromatic carbocycles. The lowest BCUT2D eigenvalue weighted by Gasteiger charge is -2.27. The molecule has 3 aromatic rings. The largest absolute Gasteiger partial charge is 0.506 e. The van der Waals surface area contributed by atoms with Crippen molar-refractivity contribution in [2.75, 3.05) is 18.6 Å². The van der Waals surface area contributed by atoms with Crippen molar-refractivity contribution in [1.29, 1.82) is 0 Å². The fourth-order valence-electron chi connectivity index (χ4n) is 4.75. The lowest BCUT2D eigenvalue weighted by molar-refractivity contribution is -0.142. The first-order chi connectivity index (χ1) is 16.4. The summed E-state index contributed by atoms with van der Waals surface area (Å²) in [5, 5.41) is 11.5. The van der Waals surface area contributed by atoms with E-state index in [2.05, 4.69) is 0 Å². The van der Waals surface area contributed by atoms with E-state index in [1.54, 1.807) is 54.9 Å². The molecule has 0 saturated heterocycles. The summed E-state index contributed by atoms with van der Waals surface area (Å²) in [7, 11) is 1.57. The Kier molecular flexibility index (Phi) is 7.01. The lowest BCUT2D eigenvalue weighted by Crippen LogP contribution is -2.36. The van der Waals surface area contributed by atoms with Gasteiger partial charge in [-0.15, -0.1) is 0 Å². The van der Waals surface area contributed by atoms with Crippen molar-refractivity contribution in [3.8, 4) is 5.75 Å². The Bertz CT molecular complexity index is 1260. The van der Waals surface area contributed by atoms with E-state index in [4.69, 9.17) is 4.74 Å². The van der Waals surface area contributed by atoms with Gasteiger partial charge in [-0.05, 0) is 49.6 Å². The predicted molar refractivity (Wildman–Crippen MR) is 132 cm³/mol. The van der Waals surface area contributed by atoms with Crippen LogP contribution in [0.3, 0.4) is 0 Å². The number of aromatic nitrogens is 1. The van der Waals surface area contributed by atoms with Gasteiger partial charge in [0.25, 0.3) is 11.5 Å².